The number of hydrogen-bond acceptors (Lipinski definition) is 4. The summed E-state index contributed by atoms with van der Waals surface area (Å²) in [6.07, 6.45) is 0.403. The molecule has 1 aromatic heterocycles. The standard InChI is InChI=1S/C20H22N4O2S/c1-5-17(25)23-20-24-18-13(4)9-15(10-16(18)27-20)22-19(26)21-14-7-6-11(2)12(3)8-14/h6-10H,5H2,1-4H3,(H2,21,22,26)(H,23,24,25). The molecule has 3 amide bonds. The van der Waals surface area contributed by atoms with Crippen LogP contribution in [0.2, 0.25) is 0 Å². The predicted molar refractivity (Wildman–Crippen MR) is 112 cm³/mol. The summed E-state index contributed by atoms with van der Waals surface area (Å²) in [5.41, 5.74) is 5.48. The second kappa shape index (κ2) is 7.75. The number of hydrogen-bond donors (Lipinski definition) is 3. The third-order valence-corrected chi connectivity index (χ3v) is 5.19. The maximum Gasteiger partial charge on any atom is 0.323 e. The van der Waals surface area contributed by atoms with Gasteiger partial charge in [0.25, 0.3) is 0 Å². The summed E-state index contributed by atoms with van der Waals surface area (Å²) in [6.45, 7) is 7.77. The van der Waals surface area contributed by atoms with Gasteiger partial charge < -0.3 is 16.0 Å². The largest absolute Gasteiger partial charge is 0.323 e. The van der Waals surface area contributed by atoms with Crippen molar-refractivity contribution < 1.29 is 9.59 Å². The number of urea groups is 1. The lowest BCUT2D eigenvalue weighted by atomic mass is 10.1. The number of aryl methyl sites for hydroxylation is 3. The molecule has 0 spiro atoms. The SMILES string of the molecule is CCC(=O)Nc1nc2c(C)cc(NC(=O)Nc3ccc(C)c(C)c3)cc2s1. The van der Waals surface area contributed by atoms with Gasteiger partial charge in [0, 0.05) is 17.8 Å². The van der Waals surface area contributed by atoms with Gasteiger partial charge in [-0.25, -0.2) is 9.78 Å². The topological polar surface area (TPSA) is 83.1 Å². The fraction of sp³-hybridized carbons (Fsp3) is 0.250. The number of benzene rings is 2. The molecule has 0 bridgehead atoms. The third-order valence-electron chi connectivity index (χ3n) is 4.28. The second-order valence-corrected chi connectivity index (χ2v) is 7.47. The Morgan fingerprint density at radius 2 is 1.63 bits per heavy atom. The van der Waals surface area contributed by atoms with Gasteiger partial charge in [0.05, 0.1) is 10.2 Å². The number of nitrogens with one attached hydrogen (secondary N) is 3. The number of aromatic nitrogens is 1. The Morgan fingerprint density at radius 1 is 0.926 bits per heavy atom. The van der Waals surface area contributed by atoms with E-state index in [2.05, 4.69) is 20.9 Å². The molecule has 6 nitrogen and oxygen atoms in total. The van der Waals surface area contributed by atoms with Gasteiger partial charge in [0.2, 0.25) is 5.91 Å². The quantitative estimate of drug-likeness (QED) is 0.579. The van der Waals surface area contributed by atoms with E-state index in [0.717, 1.165) is 27.0 Å². The highest BCUT2D eigenvalue weighted by molar-refractivity contribution is 7.22. The minimum absolute atomic E-state index is 0.0715. The summed E-state index contributed by atoms with van der Waals surface area (Å²) >= 11 is 1.39. The number of thiazole rings is 1. The average Bonchev–Trinajstić information content (AvgIpc) is 3.01. The van der Waals surface area contributed by atoms with Crippen molar-refractivity contribution in [3.8, 4) is 0 Å². The number of fused-ring (bicyclic) bond motifs is 1. The Bertz CT molecular complexity index is 1030. The normalized spacial score (nSPS) is 10.7. The minimum Gasteiger partial charge on any atom is -0.308 e. The monoisotopic (exact) mass is 382 g/mol. The van der Waals surface area contributed by atoms with Gasteiger partial charge in [-0.15, -0.1) is 0 Å². The van der Waals surface area contributed by atoms with Crippen molar-refractivity contribution in [3.63, 3.8) is 0 Å². The van der Waals surface area contributed by atoms with E-state index >= 15 is 0 Å². The van der Waals surface area contributed by atoms with Crippen LogP contribution in [0.15, 0.2) is 30.3 Å². The van der Waals surface area contributed by atoms with Crippen molar-refractivity contribution in [3.05, 3.63) is 47.0 Å². The molecule has 0 radical (unpaired) electrons. The molecule has 0 aliphatic rings. The molecule has 3 rings (SSSR count). The summed E-state index contributed by atoms with van der Waals surface area (Å²) < 4.78 is 0.905. The molecule has 140 valence electrons. The molecule has 27 heavy (non-hydrogen) atoms. The Kier molecular flexibility index (Phi) is 5.41. The van der Waals surface area contributed by atoms with Gasteiger partial charge in [0.1, 0.15) is 0 Å². The zero-order valence-electron chi connectivity index (χ0n) is 15.8. The Hall–Kier alpha value is -2.93. The van der Waals surface area contributed by atoms with E-state index in [1.54, 1.807) is 6.92 Å². The highest BCUT2D eigenvalue weighted by Crippen LogP contribution is 2.31. The molecule has 0 saturated carbocycles. The van der Waals surface area contributed by atoms with Crippen LogP contribution in [0.5, 0.6) is 0 Å². The molecular weight excluding hydrogens is 360 g/mol. The number of carbonyl (C=O) groups excluding carboxylic acids is 2. The van der Waals surface area contributed by atoms with Crippen molar-refractivity contribution in [2.45, 2.75) is 34.1 Å². The number of amides is 3. The molecule has 0 unspecified atom stereocenters. The van der Waals surface area contributed by atoms with Crippen molar-refractivity contribution in [1.29, 1.82) is 0 Å². The van der Waals surface area contributed by atoms with Crippen molar-refractivity contribution >= 4 is 50.0 Å². The molecular formula is C20H22N4O2S. The zero-order chi connectivity index (χ0) is 19.6. The number of anilines is 3. The van der Waals surface area contributed by atoms with E-state index in [-0.39, 0.29) is 11.9 Å². The number of nitrogens with zero attached hydrogens (tertiary/aromatic N) is 1. The predicted octanol–water partition coefficient (Wildman–Crippen LogP) is 5.21. The zero-order valence-corrected chi connectivity index (χ0v) is 16.6. The average molecular weight is 382 g/mol. The highest BCUT2D eigenvalue weighted by Gasteiger charge is 2.11. The van der Waals surface area contributed by atoms with Crippen LogP contribution in [-0.2, 0) is 4.79 Å². The molecule has 2 aromatic carbocycles. The van der Waals surface area contributed by atoms with Crippen LogP contribution in [0, 0.1) is 20.8 Å². The van der Waals surface area contributed by atoms with Gasteiger partial charge in [-0.3, -0.25) is 4.79 Å². The summed E-state index contributed by atoms with van der Waals surface area (Å²) in [6, 6.07) is 9.22. The second-order valence-electron chi connectivity index (χ2n) is 6.44. The minimum atomic E-state index is -0.305. The maximum absolute atomic E-state index is 12.3. The van der Waals surface area contributed by atoms with Crippen LogP contribution in [0.4, 0.5) is 21.3 Å². The van der Waals surface area contributed by atoms with Gasteiger partial charge in [-0.1, -0.05) is 24.3 Å². The first-order valence-corrected chi connectivity index (χ1v) is 9.53. The van der Waals surface area contributed by atoms with Gasteiger partial charge in [-0.2, -0.15) is 0 Å². The van der Waals surface area contributed by atoms with E-state index in [1.165, 1.54) is 16.9 Å². The van der Waals surface area contributed by atoms with Crippen LogP contribution in [0.3, 0.4) is 0 Å². The first kappa shape index (κ1) is 18.8. The highest BCUT2D eigenvalue weighted by atomic mass is 32.1. The lowest BCUT2D eigenvalue weighted by Crippen LogP contribution is -2.19. The van der Waals surface area contributed by atoms with Crippen LogP contribution < -0.4 is 16.0 Å². The Morgan fingerprint density at radius 3 is 2.33 bits per heavy atom. The molecule has 1 heterocycles. The van der Waals surface area contributed by atoms with Gasteiger partial charge >= 0.3 is 6.03 Å². The van der Waals surface area contributed by atoms with Gasteiger partial charge in [0.15, 0.2) is 5.13 Å². The molecule has 7 heteroatoms. The maximum atomic E-state index is 12.3. The lowest BCUT2D eigenvalue weighted by Gasteiger charge is -2.10. The first-order valence-electron chi connectivity index (χ1n) is 8.72. The fourth-order valence-corrected chi connectivity index (χ4v) is 3.64. The molecule has 3 aromatic rings. The van der Waals surface area contributed by atoms with E-state index in [0.29, 0.717) is 17.2 Å². The molecule has 0 aliphatic carbocycles. The fourth-order valence-electron chi connectivity index (χ4n) is 2.64. The molecule has 0 aliphatic heterocycles. The van der Waals surface area contributed by atoms with Gasteiger partial charge in [-0.05, 0) is 61.7 Å². The molecule has 0 fully saturated rings. The summed E-state index contributed by atoms with van der Waals surface area (Å²) in [5.74, 6) is -0.0715. The summed E-state index contributed by atoms with van der Waals surface area (Å²) in [5, 5.41) is 9.05. The van der Waals surface area contributed by atoms with Crippen molar-refractivity contribution in [2.75, 3.05) is 16.0 Å². The molecule has 0 saturated heterocycles. The molecule has 0 atom stereocenters. The van der Waals surface area contributed by atoms with Crippen LogP contribution in [0.25, 0.3) is 10.2 Å². The number of rotatable bonds is 4. The van der Waals surface area contributed by atoms with E-state index in [4.69, 9.17) is 0 Å². The smallest absolute Gasteiger partial charge is 0.308 e. The van der Waals surface area contributed by atoms with Crippen LogP contribution in [-0.4, -0.2) is 16.9 Å². The summed E-state index contributed by atoms with van der Waals surface area (Å²) in [4.78, 5) is 28.4. The Balaban J connectivity index is 1.76. The van der Waals surface area contributed by atoms with Crippen molar-refractivity contribution in [1.82, 2.24) is 4.98 Å². The number of carbonyl (C=O) groups is 2. The summed E-state index contributed by atoms with van der Waals surface area (Å²) in [7, 11) is 0. The first-order chi connectivity index (χ1) is 12.9. The van der Waals surface area contributed by atoms with Crippen LogP contribution in [0.1, 0.15) is 30.0 Å². The van der Waals surface area contributed by atoms with E-state index in [1.807, 2.05) is 51.1 Å². The third kappa shape index (κ3) is 4.43. The Labute approximate surface area is 162 Å². The van der Waals surface area contributed by atoms with E-state index < -0.39 is 0 Å². The lowest BCUT2D eigenvalue weighted by molar-refractivity contribution is -0.115. The van der Waals surface area contributed by atoms with Crippen molar-refractivity contribution in [2.24, 2.45) is 0 Å². The van der Waals surface area contributed by atoms with E-state index in [9.17, 15) is 9.59 Å². The molecule has 3 N–H and O–H groups in total. The van der Waals surface area contributed by atoms with Crippen LogP contribution >= 0.6 is 11.3 Å².